The molecule has 15 heteroatoms. The number of aromatic hydroxyl groups is 1. The number of hydrogen-bond acceptors (Lipinski definition) is 10. The molecule has 0 radical (unpaired) electrons. The van der Waals surface area contributed by atoms with Crippen molar-refractivity contribution in [1.29, 1.82) is 0 Å². The number of aromatic nitrogens is 5. The van der Waals surface area contributed by atoms with Gasteiger partial charge in [-0.25, -0.2) is 9.18 Å². The Balaban J connectivity index is 0.989. The van der Waals surface area contributed by atoms with Crippen molar-refractivity contribution in [3.05, 3.63) is 74.4 Å². The Morgan fingerprint density at radius 2 is 1.94 bits per heavy atom. The second-order valence-electron chi connectivity index (χ2n) is 14.1. The number of carboxylic acid groups (broad SMARTS) is 1. The van der Waals surface area contributed by atoms with Gasteiger partial charge in [0.15, 0.2) is 17.3 Å². The second kappa shape index (κ2) is 12.8. The van der Waals surface area contributed by atoms with E-state index in [1.54, 1.807) is 13.8 Å². The number of fused-ring (bicyclic) bond motifs is 3. The van der Waals surface area contributed by atoms with E-state index >= 15 is 4.39 Å². The fraction of sp³-hybridized carbons (Fsp3) is 0.444. The molecule has 2 saturated heterocycles. The van der Waals surface area contributed by atoms with Gasteiger partial charge in [-0.3, -0.25) is 14.4 Å². The number of ether oxygens (including phenoxy) is 1. The van der Waals surface area contributed by atoms with Gasteiger partial charge in [-0.1, -0.05) is 16.8 Å². The molecule has 5 aromatic rings. The number of piperidine rings is 1. The fourth-order valence-corrected chi connectivity index (χ4v) is 8.25. The number of nitroso groups, excluding NO2 is 1. The van der Waals surface area contributed by atoms with Crippen LogP contribution in [0.2, 0.25) is 0 Å². The highest BCUT2D eigenvalue weighted by atomic mass is 19.1. The molecule has 0 spiro atoms. The third-order valence-electron chi connectivity index (χ3n) is 10.8. The number of rotatable bonds is 11. The molecular formula is C36H39FN8O6. The van der Waals surface area contributed by atoms with Gasteiger partial charge in [-0.2, -0.15) is 0 Å². The summed E-state index contributed by atoms with van der Waals surface area (Å²) in [6.45, 7) is 5.58. The van der Waals surface area contributed by atoms with Crippen molar-refractivity contribution in [1.82, 2.24) is 29.0 Å². The average molecular weight is 699 g/mol. The Hall–Kier alpha value is -5.31. The average Bonchev–Trinajstić information content (AvgIpc) is 3.60. The molecule has 2 N–H and O–H groups in total. The molecule has 0 bridgehead atoms. The topological polar surface area (TPSA) is 160 Å². The van der Waals surface area contributed by atoms with Crippen molar-refractivity contribution in [3.8, 4) is 11.6 Å². The number of hydrogen-bond donors (Lipinski definition) is 2. The van der Waals surface area contributed by atoms with Crippen LogP contribution in [0.15, 0.2) is 46.6 Å². The molecule has 266 valence electrons. The lowest BCUT2D eigenvalue weighted by atomic mass is 9.92. The fourth-order valence-electron chi connectivity index (χ4n) is 8.25. The number of carboxylic acids is 1. The van der Waals surface area contributed by atoms with E-state index in [1.807, 2.05) is 36.2 Å². The Bertz CT molecular complexity index is 2260. The van der Waals surface area contributed by atoms with Crippen LogP contribution in [-0.4, -0.2) is 78.0 Å². The van der Waals surface area contributed by atoms with Crippen LogP contribution in [0.1, 0.15) is 59.8 Å². The summed E-state index contributed by atoms with van der Waals surface area (Å²) in [6, 6.07) is 7.01. The van der Waals surface area contributed by atoms with E-state index in [0.717, 1.165) is 49.0 Å². The molecule has 2 aliphatic heterocycles. The minimum absolute atomic E-state index is 0.0116. The first-order chi connectivity index (χ1) is 24.7. The van der Waals surface area contributed by atoms with E-state index in [9.17, 15) is 24.7 Å². The summed E-state index contributed by atoms with van der Waals surface area (Å²) in [5.41, 5.74) is 2.24. The summed E-state index contributed by atoms with van der Waals surface area (Å²) in [7, 11) is 1.47. The highest BCUT2D eigenvalue weighted by Crippen LogP contribution is 2.46. The van der Waals surface area contributed by atoms with E-state index in [-0.39, 0.29) is 46.3 Å². The number of nitrogens with zero attached hydrogens (tertiary/aromatic N) is 8. The van der Waals surface area contributed by atoms with Crippen molar-refractivity contribution >= 4 is 39.1 Å². The molecule has 3 aromatic heterocycles. The summed E-state index contributed by atoms with van der Waals surface area (Å²) in [5.74, 6) is -1.54. The van der Waals surface area contributed by atoms with Crippen molar-refractivity contribution < 1.29 is 24.1 Å². The Kier molecular flexibility index (Phi) is 8.24. The van der Waals surface area contributed by atoms with Gasteiger partial charge in [0, 0.05) is 62.6 Å². The summed E-state index contributed by atoms with van der Waals surface area (Å²) < 4.78 is 27.2. The lowest BCUT2D eigenvalue weighted by Gasteiger charge is -2.36. The molecule has 1 saturated carbocycles. The number of likely N-dealkylation sites (tertiary alicyclic amines) is 1. The van der Waals surface area contributed by atoms with Gasteiger partial charge in [-0.05, 0) is 74.9 Å². The van der Waals surface area contributed by atoms with Gasteiger partial charge in [-0.15, -0.1) is 10.0 Å². The van der Waals surface area contributed by atoms with Crippen LogP contribution in [0.3, 0.4) is 0 Å². The van der Waals surface area contributed by atoms with Crippen LogP contribution in [-0.2, 0) is 19.6 Å². The van der Waals surface area contributed by atoms with Gasteiger partial charge in [0.1, 0.15) is 11.3 Å². The van der Waals surface area contributed by atoms with Gasteiger partial charge < -0.3 is 29.0 Å². The molecule has 3 fully saturated rings. The normalized spacial score (nSPS) is 19.2. The van der Waals surface area contributed by atoms with Crippen LogP contribution in [0.25, 0.3) is 21.8 Å². The minimum Gasteiger partial charge on any atom is -0.493 e. The first-order valence-electron chi connectivity index (χ1n) is 17.4. The van der Waals surface area contributed by atoms with E-state index in [1.165, 1.54) is 19.4 Å². The van der Waals surface area contributed by atoms with Crippen LogP contribution in [0, 0.1) is 23.6 Å². The molecule has 3 aliphatic rings. The summed E-state index contributed by atoms with van der Waals surface area (Å²) in [4.78, 5) is 40.9. The monoisotopic (exact) mass is 698 g/mol. The third kappa shape index (κ3) is 5.69. The predicted octanol–water partition coefficient (Wildman–Crippen LogP) is 5.33. The number of anilines is 1. The highest BCUT2D eigenvalue weighted by Gasteiger charge is 2.41. The number of carbonyl (C=O) groups is 1. The standard InChI is InChI=1S/C36H39FN8O6/c1-20-6-9-28-24(13-20)30(39-50)35(47)44(28)12-4-11-43-17-22(38-40-43)16-41-10-3-5-21-15-42(19-29(21)41)32-27(37)14-25-31(34(32)51-2)45(23-7-8-23)18-26(33(25)46)36(48)49/h6,9,13-14,17-18,21,23,29,47H,3-5,7-8,10-12,15-16,19H2,1-2H3,(H,48,49)/t21-,29+/m1/s1. The molecule has 14 nitrogen and oxygen atoms in total. The van der Waals surface area contributed by atoms with Crippen LogP contribution in [0.5, 0.6) is 11.6 Å². The highest BCUT2D eigenvalue weighted by molar-refractivity contribution is 5.97. The molecule has 5 heterocycles. The Morgan fingerprint density at radius 1 is 1.12 bits per heavy atom. The quantitative estimate of drug-likeness (QED) is 0.173. The molecular weight excluding hydrogens is 659 g/mol. The second-order valence-corrected chi connectivity index (χ2v) is 14.1. The van der Waals surface area contributed by atoms with Crippen LogP contribution >= 0.6 is 0 Å². The van der Waals surface area contributed by atoms with Crippen molar-refractivity contribution in [2.75, 3.05) is 31.6 Å². The molecule has 8 rings (SSSR count). The SMILES string of the molecule is COc1c(N2C[C@H]3CCCN(Cc4cn(CCCn5c(O)c(N=O)c6cc(C)ccc65)nn4)[C@H]3C2)c(F)cc2c(=O)c(C(=O)O)cn(C3CC3)c12. The van der Waals surface area contributed by atoms with Gasteiger partial charge >= 0.3 is 5.97 Å². The number of aryl methyl sites for hydroxylation is 3. The van der Waals surface area contributed by atoms with Crippen molar-refractivity contribution in [2.45, 2.75) is 70.7 Å². The zero-order valence-corrected chi connectivity index (χ0v) is 28.5. The van der Waals surface area contributed by atoms with E-state index in [4.69, 9.17) is 4.74 Å². The van der Waals surface area contributed by atoms with E-state index in [0.29, 0.717) is 55.7 Å². The molecule has 0 unspecified atom stereocenters. The van der Waals surface area contributed by atoms with Crippen LogP contribution < -0.4 is 15.1 Å². The molecule has 2 aromatic carbocycles. The maximum absolute atomic E-state index is 16.1. The number of benzene rings is 2. The summed E-state index contributed by atoms with van der Waals surface area (Å²) in [6.07, 6.45) is 7.62. The maximum atomic E-state index is 16.1. The molecule has 0 amide bonds. The summed E-state index contributed by atoms with van der Waals surface area (Å²) >= 11 is 0. The van der Waals surface area contributed by atoms with Gasteiger partial charge in [0.05, 0.1) is 29.2 Å². The number of methoxy groups -OCH3 is 1. The van der Waals surface area contributed by atoms with E-state index < -0.39 is 17.2 Å². The Morgan fingerprint density at radius 3 is 2.69 bits per heavy atom. The maximum Gasteiger partial charge on any atom is 0.341 e. The number of aromatic carboxylic acids is 1. The first-order valence-corrected chi connectivity index (χ1v) is 17.4. The lowest BCUT2D eigenvalue weighted by molar-refractivity contribution is 0.0694. The van der Waals surface area contributed by atoms with E-state index in [2.05, 4.69) is 20.4 Å². The number of pyridine rings is 1. The molecule has 51 heavy (non-hydrogen) atoms. The van der Waals surface area contributed by atoms with Gasteiger partial charge in [0.25, 0.3) is 0 Å². The Labute approximate surface area is 291 Å². The predicted molar refractivity (Wildman–Crippen MR) is 188 cm³/mol. The summed E-state index contributed by atoms with van der Waals surface area (Å²) in [5, 5.41) is 32.9. The van der Waals surface area contributed by atoms with Crippen molar-refractivity contribution in [3.63, 3.8) is 0 Å². The largest absolute Gasteiger partial charge is 0.493 e. The number of halogens is 1. The molecule has 1 aliphatic carbocycles. The first kappa shape index (κ1) is 32.9. The smallest absolute Gasteiger partial charge is 0.341 e. The van der Waals surface area contributed by atoms with Crippen LogP contribution in [0.4, 0.5) is 15.8 Å². The third-order valence-corrected chi connectivity index (χ3v) is 10.8. The molecule has 2 atom stereocenters. The van der Waals surface area contributed by atoms with Gasteiger partial charge in [0.2, 0.25) is 11.3 Å². The van der Waals surface area contributed by atoms with Crippen molar-refractivity contribution in [2.24, 2.45) is 11.1 Å². The zero-order chi connectivity index (χ0) is 35.6. The lowest BCUT2D eigenvalue weighted by Crippen LogP contribution is -2.44. The minimum atomic E-state index is -1.34. The zero-order valence-electron chi connectivity index (χ0n) is 28.5.